The first-order valence-electron chi connectivity index (χ1n) is 5.04. The summed E-state index contributed by atoms with van der Waals surface area (Å²) in [7, 11) is 3.61. The van der Waals surface area contributed by atoms with Gasteiger partial charge in [0.1, 0.15) is 5.75 Å². The molecule has 0 aliphatic rings. The molecule has 0 saturated carbocycles. The molecule has 1 N–H and O–H groups in total. The van der Waals surface area contributed by atoms with Crippen molar-refractivity contribution in [1.82, 2.24) is 10.3 Å². The van der Waals surface area contributed by atoms with Crippen LogP contribution in [-0.4, -0.2) is 19.1 Å². The highest BCUT2D eigenvalue weighted by Crippen LogP contribution is 2.29. The smallest absolute Gasteiger partial charge is 0.142 e. The van der Waals surface area contributed by atoms with Crippen molar-refractivity contribution in [3.05, 3.63) is 46.4 Å². The van der Waals surface area contributed by atoms with Crippen LogP contribution in [0.25, 0.3) is 0 Å². The number of nitrogens with zero attached hydrogens (tertiary/aromatic N) is 1. The lowest BCUT2D eigenvalue weighted by Gasteiger charge is -2.17. The average Bonchev–Trinajstić information content (AvgIpc) is 2.84. The summed E-state index contributed by atoms with van der Waals surface area (Å²) in [6, 6.07) is 4.26. The highest BCUT2D eigenvalue weighted by Gasteiger charge is 2.16. The zero-order chi connectivity index (χ0) is 11.4. The van der Waals surface area contributed by atoms with Crippen molar-refractivity contribution in [2.45, 2.75) is 6.04 Å². The minimum atomic E-state index is 0.157. The van der Waals surface area contributed by atoms with Gasteiger partial charge < -0.3 is 10.1 Å². The molecule has 0 fully saturated rings. The highest BCUT2D eigenvalue weighted by atomic mass is 32.1. The molecular formula is C12H14N2OS. The largest absolute Gasteiger partial charge is 0.495 e. The van der Waals surface area contributed by atoms with Gasteiger partial charge in [-0.2, -0.15) is 11.3 Å². The summed E-state index contributed by atoms with van der Waals surface area (Å²) in [5, 5.41) is 7.51. The van der Waals surface area contributed by atoms with Crippen LogP contribution in [0.4, 0.5) is 0 Å². The van der Waals surface area contributed by atoms with Gasteiger partial charge in [-0.25, -0.2) is 0 Å². The second-order valence-electron chi connectivity index (χ2n) is 3.40. The molecular weight excluding hydrogens is 220 g/mol. The van der Waals surface area contributed by atoms with E-state index < -0.39 is 0 Å². The third-order valence-electron chi connectivity index (χ3n) is 2.51. The van der Waals surface area contributed by atoms with Crippen LogP contribution in [0.15, 0.2) is 35.3 Å². The Morgan fingerprint density at radius 3 is 2.94 bits per heavy atom. The summed E-state index contributed by atoms with van der Waals surface area (Å²) in [5.41, 5.74) is 2.36. The van der Waals surface area contributed by atoms with E-state index in [1.54, 1.807) is 30.8 Å². The van der Waals surface area contributed by atoms with Crippen molar-refractivity contribution in [2.24, 2.45) is 0 Å². The van der Waals surface area contributed by atoms with Crippen molar-refractivity contribution < 1.29 is 4.74 Å². The van der Waals surface area contributed by atoms with Gasteiger partial charge in [0.15, 0.2) is 0 Å². The summed E-state index contributed by atoms with van der Waals surface area (Å²) in [4.78, 5) is 4.06. The zero-order valence-corrected chi connectivity index (χ0v) is 10.1. The van der Waals surface area contributed by atoms with E-state index in [4.69, 9.17) is 4.74 Å². The zero-order valence-electron chi connectivity index (χ0n) is 9.31. The van der Waals surface area contributed by atoms with Crippen molar-refractivity contribution in [2.75, 3.05) is 14.2 Å². The number of rotatable bonds is 4. The summed E-state index contributed by atoms with van der Waals surface area (Å²) in [6.07, 6.45) is 3.53. The van der Waals surface area contributed by atoms with Crippen molar-refractivity contribution >= 4 is 11.3 Å². The molecule has 1 unspecified atom stereocenters. The van der Waals surface area contributed by atoms with E-state index in [0.717, 1.165) is 11.3 Å². The molecule has 2 aromatic rings. The molecule has 16 heavy (non-hydrogen) atoms. The molecule has 1 atom stereocenters. The first-order valence-corrected chi connectivity index (χ1v) is 5.98. The van der Waals surface area contributed by atoms with Gasteiger partial charge in [0.25, 0.3) is 0 Å². The lowest BCUT2D eigenvalue weighted by molar-refractivity contribution is 0.403. The van der Waals surface area contributed by atoms with Crippen LogP contribution >= 0.6 is 11.3 Å². The number of nitrogens with one attached hydrogen (secondary N) is 1. The molecule has 0 amide bonds. The van der Waals surface area contributed by atoms with E-state index in [2.05, 4.69) is 27.1 Å². The fourth-order valence-electron chi connectivity index (χ4n) is 1.74. The Labute approximate surface area is 99.1 Å². The second-order valence-corrected chi connectivity index (χ2v) is 4.18. The SMILES string of the molecule is CNC(c1ccsc1)c1ccncc1OC. The Hall–Kier alpha value is -1.39. The number of hydrogen-bond acceptors (Lipinski definition) is 4. The molecule has 0 aliphatic carbocycles. The first-order chi connectivity index (χ1) is 7.86. The fraction of sp³-hybridized carbons (Fsp3) is 0.250. The normalized spacial score (nSPS) is 12.4. The van der Waals surface area contributed by atoms with Crippen LogP contribution in [0.5, 0.6) is 5.75 Å². The van der Waals surface area contributed by atoms with Gasteiger partial charge in [-0.15, -0.1) is 0 Å². The van der Waals surface area contributed by atoms with E-state index in [0.29, 0.717) is 0 Å². The third-order valence-corrected chi connectivity index (χ3v) is 3.21. The van der Waals surface area contributed by atoms with Crippen LogP contribution < -0.4 is 10.1 Å². The van der Waals surface area contributed by atoms with E-state index in [9.17, 15) is 0 Å². The maximum Gasteiger partial charge on any atom is 0.142 e. The van der Waals surface area contributed by atoms with Gasteiger partial charge >= 0.3 is 0 Å². The maximum absolute atomic E-state index is 5.33. The summed E-state index contributed by atoms with van der Waals surface area (Å²) in [6.45, 7) is 0. The Kier molecular flexibility index (Phi) is 3.54. The third kappa shape index (κ3) is 2.08. The van der Waals surface area contributed by atoms with E-state index in [-0.39, 0.29) is 6.04 Å². The predicted molar refractivity (Wildman–Crippen MR) is 66.0 cm³/mol. The Morgan fingerprint density at radius 1 is 1.44 bits per heavy atom. The van der Waals surface area contributed by atoms with Crippen molar-refractivity contribution in [3.8, 4) is 5.75 Å². The fourth-order valence-corrected chi connectivity index (χ4v) is 2.43. The van der Waals surface area contributed by atoms with E-state index in [1.165, 1.54) is 5.56 Å². The van der Waals surface area contributed by atoms with Gasteiger partial charge in [-0.05, 0) is 35.5 Å². The van der Waals surface area contributed by atoms with Crippen molar-refractivity contribution in [3.63, 3.8) is 0 Å². The van der Waals surface area contributed by atoms with Gasteiger partial charge in [0.2, 0.25) is 0 Å². The summed E-state index contributed by atoms with van der Waals surface area (Å²) < 4.78 is 5.33. The van der Waals surface area contributed by atoms with Crippen LogP contribution in [0.2, 0.25) is 0 Å². The quantitative estimate of drug-likeness (QED) is 0.882. The van der Waals surface area contributed by atoms with E-state index >= 15 is 0 Å². The van der Waals surface area contributed by atoms with E-state index in [1.807, 2.05) is 13.1 Å². The molecule has 3 nitrogen and oxygen atoms in total. The Balaban J connectivity index is 2.41. The lowest BCUT2D eigenvalue weighted by Crippen LogP contribution is -2.17. The van der Waals surface area contributed by atoms with Gasteiger partial charge in [-0.1, -0.05) is 0 Å². The molecule has 0 spiro atoms. The average molecular weight is 234 g/mol. The summed E-state index contributed by atoms with van der Waals surface area (Å²) >= 11 is 1.69. The molecule has 2 heterocycles. The molecule has 2 rings (SSSR count). The highest BCUT2D eigenvalue weighted by molar-refractivity contribution is 7.08. The standard InChI is InChI=1S/C12H14N2OS/c1-13-12(9-4-6-16-8-9)10-3-5-14-7-11(10)15-2/h3-8,12-13H,1-2H3. The number of ether oxygens (including phenoxy) is 1. The van der Waals surface area contributed by atoms with Gasteiger partial charge in [-0.3, -0.25) is 4.98 Å². The Bertz CT molecular complexity index is 442. The predicted octanol–water partition coefficient (Wildman–Crippen LogP) is 2.46. The molecule has 0 radical (unpaired) electrons. The summed E-state index contributed by atoms with van der Waals surface area (Å²) in [5.74, 6) is 0.813. The minimum absolute atomic E-state index is 0.157. The van der Waals surface area contributed by atoms with Crippen molar-refractivity contribution in [1.29, 1.82) is 0 Å². The molecule has 4 heteroatoms. The second kappa shape index (κ2) is 5.09. The minimum Gasteiger partial charge on any atom is -0.495 e. The first kappa shape index (κ1) is 11.1. The van der Waals surface area contributed by atoms with Gasteiger partial charge in [0, 0.05) is 11.8 Å². The topological polar surface area (TPSA) is 34.2 Å². The molecule has 2 aromatic heterocycles. The monoisotopic (exact) mass is 234 g/mol. The number of aromatic nitrogens is 1. The molecule has 0 bridgehead atoms. The lowest BCUT2D eigenvalue weighted by atomic mass is 10.0. The number of methoxy groups -OCH3 is 1. The number of thiophene rings is 1. The van der Waals surface area contributed by atoms with Crippen LogP contribution in [0.1, 0.15) is 17.2 Å². The number of pyridine rings is 1. The molecule has 84 valence electrons. The molecule has 0 aliphatic heterocycles. The van der Waals surface area contributed by atoms with Crippen LogP contribution in [0.3, 0.4) is 0 Å². The number of hydrogen-bond donors (Lipinski definition) is 1. The van der Waals surface area contributed by atoms with Crippen LogP contribution in [-0.2, 0) is 0 Å². The molecule has 0 aromatic carbocycles. The Morgan fingerprint density at radius 2 is 2.31 bits per heavy atom. The maximum atomic E-state index is 5.33. The van der Waals surface area contributed by atoms with Gasteiger partial charge in [0.05, 0.1) is 19.3 Å². The van der Waals surface area contributed by atoms with Crippen LogP contribution in [0, 0.1) is 0 Å². The molecule has 0 saturated heterocycles.